The van der Waals surface area contributed by atoms with Gasteiger partial charge in [0.05, 0.1) is 12.2 Å². The number of alkyl halides is 1. The van der Waals surface area contributed by atoms with Crippen LogP contribution in [0.5, 0.6) is 0 Å². The molecule has 0 aromatic heterocycles. The molecule has 2 rings (SSSR count). The van der Waals surface area contributed by atoms with E-state index < -0.39 is 0 Å². The molecule has 1 atom stereocenters. The van der Waals surface area contributed by atoms with Crippen LogP contribution in [-0.4, -0.2) is 11.4 Å². The molecule has 0 N–H and O–H groups in total. The highest BCUT2D eigenvalue weighted by Crippen LogP contribution is 2.31. The number of rotatable bonds is 4. The van der Waals surface area contributed by atoms with E-state index in [1.165, 1.54) is 38.5 Å². The zero-order chi connectivity index (χ0) is 12.8. The van der Waals surface area contributed by atoms with Crippen LogP contribution >= 0.6 is 27.5 Å². The molecule has 0 heterocycles. The molecule has 1 unspecified atom stereocenters. The highest BCUT2D eigenvalue weighted by atomic mass is 79.9. The van der Waals surface area contributed by atoms with Crippen LogP contribution in [0.3, 0.4) is 0 Å². The van der Waals surface area contributed by atoms with Crippen molar-refractivity contribution in [3.63, 3.8) is 0 Å². The topological polar surface area (TPSA) is 9.23 Å². The molecule has 0 amide bonds. The number of hydrogen-bond acceptors (Lipinski definition) is 1. The minimum Gasteiger partial charge on any atom is -0.369 e. The smallest absolute Gasteiger partial charge is 0.0939 e. The van der Waals surface area contributed by atoms with Gasteiger partial charge < -0.3 is 4.74 Å². The first-order valence-electron chi connectivity index (χ1n) is 6.77. The molecule has 1 aliphatic carbocycles. The van der Waals surface area contributed by atoms with Gasteiger partial charge in [0.1, 0.15) is 0 Å². The number of ether oxygens (including phenoxy) is 1. The molecular weight excluding hydrogens is 312 g/mol. The molecule has 0 spiro atoms. The first-order valence-corrected chi connectivity index (χ1v) is 8.27. The summed E-state index contributed by atoms with van der Waals surface area (Å²) in [5.41, 5.74) is 1.10. The van der Waals surface area contributed by atoms with Crippen molar-refractivity contribution < 1.29 is 4.74 Å². The number of hydrogen-bond donors (Lipinski definition) is 0. The summed E-state index contributed by atoms with van der Waals surface area (Å²) in [4.78, 5) is 0. The molecule has 1 saturated carbocycles. The van der Waals surface area contributed by atoms with Crippen molar-refractivity contribution in [3.05, 3.63) is 34.9 Å². The zero-order valence-electron chi connectivity index (χ0n) is 10.6. The Labute approximate surface area is 123 Å². The Balaban J connectivity index is 2.02. The third-order valence-corrected chi connectivity index (χ3v) is 4.48. The van der Waals surface area contributed by atoms with E-state index >= 15 is 0 Å². The van der Waals surface area contributed by atoms with Crippen molar-refractivity contribution in [2.45, 2.75) is 50.7 Å². The summed E-state index contributed by atoms with van der Waals surface area (Å²) in [5.74, 6) is 0. The molecule has 3 heteroatoms. The van der Waals surface area contributed by atoms with E-state index in [-0.39, 0.29) is 6.10 Å². The number of halogens is 2. The Kier molecular flexibility index (Phi) is 6.00. The minimum atomic E-state index is 0.0711. The van der Waals surface area contributed by atoms with Crippen molar-refractivity contribution in [1.82, 2.24) is 0 Å². The van der Waals surface area contributed by atoms with E-state index in [0.29, 0.717) is 6.10 Å². The lowest BCUT2D eigenvalue weighted by atomic mass is 10.1. The van der Waals surface area contributed by atoms with Crippen LogP contribution in [0.15, 0.2) is 24.3 Å². The van der Waals surface area contributed by atoms with E-state index in [1.54, 1.807) is 0 Å². The van der Waals surface area contributed by atoms with E-state index in [9.17, 15) is 0 Å². The maximum absolute atomic E-state index is 6.26. The molecule has 1 aromatic carbocycles. The lowest BCUT2D eigenvalue weighted by molar-refractivity contribution is -0.00786. The number of benzene rings is 1. The molecular formula is C15H20BrClO. The predicted molar refractivity (Wildman–Crippen MR) is 80.6 cm³/mol. The Bertz CT molecular complexity index is 361. The van der Waals surface area contributed by atoms with Crippen molar-refractivity contribution in [2.75, 3.05) is 5.33 Å². The molecule has 1 nitrogen and oxygen atoms in total. The van der Waals surface area contributed by atoms with Gasteiger partial charge in [-0.1, -0.05) is 71.4 Å². The van der Waals surface area contributed by atoms with Gasteiger partial charge >= 0.3 is 0 Å². The van der Waals surface area contributed by atoms with E-state index in [2.05, 4.69) is 22.0 Å². The lowest BCUT2D eigenvalue weighted by Crippen LogP contribution is -2.17. The summed E-state index contributed by atoms with van der Waals surface area (Å²) in [5, 5.41) is 1.60. The lowest BCUT2D eigenvalue weighted by Gasteiger charge is -2.23. The van der Waals surface area contributed by atoms with Crippen LogP contribution in [0, 0.1) is 0 Å². The third-order valence-electron chi connectivity index (χ3n) is 3.55. The molecule has 0 saturated heterocycles. The van der Waals surface area contributed by atoms with Gasteiger partial charge in [0.15, 0.2) is 0 Å². The average Bonchev–Trinajstić information content (AvgIpc) is 2.65. The summed E-state index contributed by atoms with van der Waals surface area (Å²) < 4.78 is 6.26. The Morgan fingerprint density at radius 1 is 1.17 bits per heavy atom. The van der Waals surface area contributed by atoms with Crippen LogP contribution in [-0.2, 0) is 4.74 Å². The van der Waals surface area contributed by atoms with Crippen LogP contribution in [0.25, 0.3) is 0 Å². The highest BCUT2D eigenvalue weighted by Gasteiger charge is 2.20. The fourth-order valence-corrected chi connectivity index (χ4v) is 3.30. The predicted octanol–water partition coefficient (Wildman–Crippen LogP) is 5.52. The van der Waals surface area contributed by atoms with Gasteiger partial charge in [-0.05, 0) is 18.9 Å². The molecule has 1 aromatic rings. The second-order valence-corrected chi connectivity index (χ2v) is 5.97. The van der Waals surface area contributed by atoms with E-state index in [4.69, 9.17) is 16.3 Å². The standard InChI is InChI=1S/C15H20BrClO/c16-11-15(13-9-5-6-10-14(13)17)18-12-7-3-1-2-4-8-12/h5-6,9-10,12,15H,1-4,7-8,11H2. The quantitative estimate of drug-likeness (QED) is 0.522. The van der Waals surface area contributed by atoms with Crippen molar-refractivity contribution >= 4 is 27.5 Å². The summed E-state index contributed by atoms with van der Waals surface area (Å²) in [6, 6.07) is 7.98. The molecule has 0 bridgehead atoms. The van der Waals surface area contributed by atoms with Crippen molar-refractivity contribution in [3.8, 4) is 0 Å². The van der Waals surface area contributed by atoms with E-state index in [0.717, 1.165) is 15.9 Å². The Morgan fingerprint density at radius 2 is 1.83 bits per heavy atom. The molecule has 0 radical (unpaired) electrons. The van der Waals surface area contributed by atoms with E-state index in [1.807, 2.05) is 18.2 Å². The van der Waals surface area contributed by atoms with Gasteiger partial charge in [-0.25, -0.2) is 0 Å². The maximum Gasteiger partial charge on any atom is 0.0939 e. The largest absolute Gasteiger partial charge is 0.369 e. The van der Waals surface area contributed by atoms with Crippen LogP contribution in [0.4, 0.5) is 0 Å². The van der Waals surface area contributed by atoms with Gasteiger partial charge in [0.25, 0.3) is 0 Å². The Morgan fingerprint density at radius 3 is 2.44 bits per heavy atom. The normalized spacial score (nSPS) is 19.4. The van der Waals surface area contributed by atoms with Gasteiger partial charge in [-0.15, -0.1) is 0 Å². The summed E-state index contributed by atoms with van der Waals surface area (Å²) in [6.45, 7) is 0. The molecule has 1 aliphatic rings. The third kappa shape index (κ3) is 3.97. The van der Waals surface area contributed by atoms with Crippen LogP contribution in [0.1, 0.15) is 50.2 Å². The summed E-state index contributed by atoms with van der Waals surface area (Å²) >= 11 is 9.80. The highest BCUT2D eigenvalue weighted by molar-refractivity contribution is 9.09. The van der Waals surface area contributed by atoms with Gasteiger partial charge in [0, 0.05) is 15.9 Å². The second kappa shape index (κ2) is 7.52. The molecule has 0 aliphatic heterocycles. The summed E-state index contributed by atoms with van der Waals surface area (Å²) in [6.07, 6.45) is 8.13. The van der Waals surface area contributed by atoms with Gasteiger partial charge in [-0.3, -0.25) is 0 Å². The molecule has 1 fully saturated rings. The molecule has 100 valence electrons. The van der Waals surface area contributed by atoms with Crippen LogP contribution < -0.4 is 0 Å². The van der Waals surface area contributed by atoms with Gasteiger partial charge in [-0.2, -0.15) is 0 Å². The van der Waals surface area contributed by atoms with Crippen molar-refractivity contribution in [2.24, 2.45) is 0 Å². The second-order valence-electron chi connectivity index (χ2n) is 4.91. The van der Waals surface area contributed by atoms with Crippen LogP contribution in [0.2, 0.25) is 5.02 Å². The first-order chi connectivity index (χ1) is 8.81. The SMILES string of the molecule is Clc1ccccc1C(CBr)OC1CCCCCC1. The Hall–Kier alpha value is -0.0500. The fraction of sp³-hybridized carbons (Fsp3) is 0.600. The van der Waals surface area contributed by atoms with Crippen molar-refractivity contribution in [1.29, 1.82) is 0 Å². The fourth-order valence-electron chi connectivity index (χ4n) is 2.54. The maximum atomic E-state index is 6.26. The zero-order valence-corrected chi connectivity index (χ0v) is 12.9. The van der Waals surface area contributed by atoms with Gasteiger partial charge in [0.2, 0.25) is 0 Å². The summed E-state index contributed by atoms with van der Waals surface area (Å²) in [7, 11) is 0. The first kappa shape index (κ1) is 14.4. The minimum absolute atomic E-state index is 0.0711. The average molecular weight is 332 g/mol. The monoisotopic (exact) mass is 330 g/mol. The molecule has 18 heavy (non-hydrogen) atoms.